The van der Waals surface area contributed by atoms with Crippen LogP contribution in [-0.4, -0.2) is 29.9 Å². The minimum atomic E-state index is 0.793. The Kier molecular flexibility index (Phi) is 8.08. The summed E-state index contributed by atoms with van der Waals surface area (Å²) >= 11 is 0. The van der Waals surface area contributed by atoms with Crippen LogP contribution in [0.4, 0.5) is 0 Å². The molecule has 0 N–H and O–H groups in total. The van der Waals surface area contributed by atoms with Crippen LogP contribution in [0.2, 0.25) is 0 Å². The number of nitrogens with zero attached hydrogens (tertiary/aromatic N) is 6. The molecule has 0 amide bonds. The molecular formula is C46H30N6. The van der Waals surface area contributed by atoms with Crippen LogP contribution in [0.1, 0.15) is 0 Å². The molecule has 0 atom stereocenters. The Morgan fingerprint density at radius 1 is 0.269 bits per heavy atom. The van der Waals surface area contributed by atoms with Crippen molar-refractivity contribution in [2.45, 2.75) is 0 Å². The van der Waals surface area contributed by atoms with Crippen LogP contribution in [0.5, 0.6) is 0 Å². The van der Waals surface area contributed by atoms with Crippen molar-refractivity contribution in [1.29, 1.82) is 0 Å². The van der Waals surface area contributed by atoms with E-state index in [-0.39, 0.29) is 0 Å². The highest BCUT2D eigenvalue weighted by Gasteiger charge is 2.16. The maximum absolute atomic E-state index is 5.00. The van der Waals surface area contributed by atoms with E-state index in [1.165, 1.54) is 0 Å². The van der Waals surface area contributed by atoms with E-state index in [2.05, 4.69) is 93.8 Å². The normalized spacial score (nSPS) is 11.1. The van der Waals surface area contributed by atoms with Gasteiger partial charge in [0.15, 0.2) is 0 Å². The zero-order chi connectivity index (χ0) is 34.7. The SMILES string of the molecule is c1ccc(-c2ccc(-c3cc(-c4ccccn4)cc(-c4ccc(-c5cc(-c6ccccn6)nc(-c6ccccn6)c5)c5ccccc45)c3)nc2)nc1. The predicted octanol–water partition coefficient (Wildman–Crippen LogP) is 10.9. The van der Waals surface area contributed by atoms with E-state index in [0.29, 0.717) is 0 Å². The van der Waals surface area contributed by atoms with Crippen LogP contribution in [0.3, 0.4) is 0 Å². The summed E-state index contributed by atoms with van der Waals surface area (Å²) in [6.45, 7) is 0. The van der Waals surface area contributed by atoms with Gasteiger partial charge < -0.3 is 0 Å². The molecule has 3 aromatic carbocycles. The molecule has 0 spiro atoms. The van der Waals surface area contributed by atoms with E-state index < -0.39 is 0 Å². The molecule has 6 aromatic heterocycles. The summed E-state index contributed by atoms with van der Waals surface area (Å²) in [7, 11) is 0. The van der Waals surface area contributed by atoms with Crippen LogP contribution >= 0.6 is 0 Å². The number of aromatic nitrogens is 6. The van der Waals surface area contributed by atoms with Crippen molar-refractivity contribution in [3.8, 4) is 78.8 Å². The molecule has 0 radical (unpaired) electrons. The van der Waals surface area contributed by atoms with Gasteiger partial charge in [0.25, 0.3) is 0 Å². The summed E-state index contributed by atoms with van der Waals surface area (Å²) < 4.78 is 0. The summed E-state index contributed by atoms with van der Waals surface area (Å²) in [6, 6.07) is 51.7. The molecule has 0 saturated heterocycles. The van der Waals surface area contributed by atoms with Gasteiger partial charge in [0.2, 0.25) is 0 Å². The lowest BCUT2D eigenvalue weighted by Crippen LogP contribution is -1.95. The first-order valence-electron chi connectivity index (χ1n) is 17.1. The molecule has 0 unspecified atom stereocenters. The van der Waals surface area contributed by atoms with Crippen molar-refractivity contribution in [1.82, 2.24) is 29.9 Å². The van der Waals surface area contributed by atoms with Gasteiger partial charge in [-0.25, -0.2) is 4.98 Å². The van der Waals surface area contributed by atoms with Gasteiger partial charge in [-0.2, -0.15) is 0 Å². The maximum Gasteiger partial charge on any atom is 0.0900 e. The van der Waals surface area contributed by atoms with Crippen molar-refractivity contribution in [2.24, 2.45) is 0 Å². The minimum Gasteiger partial charge on any atom is -0.256 e. The summed E-state index contributed by atoms with van der Waals surface area (Å²) in [5.41, 5.74) is 13.2. The second-order valence-electron chi connectivity index (χ2n) is 12.4. The molecule has 9 rings (SSSR count). The molecule has 0 aliphatic heterocycles. The second kappa shape index (κ2) is 13.6. The zero-order valence-corrected chi connectivity index (χ0v) is 28.0. The van der Waals surface area contributed by atoms with Gasteiger partial charge in [-0.15, -0.1) is 0 Å². The Balaban J connectivity index is 1.20. The fraction of sp³-hybridized carbons (Fsp3) is 0. The van der Waals surface area contributed by atoms with Gasteiger partial charge in [0.1, 0.15) is 0 Å². The van der Waals surface area contributed by atoms with E-state index in [4.69, 9.17) is 15.0 Å². The van der Waals surface area contributed by atoms with Gasteiger partial charge >= 0.3 is 0 Å². The maximum atomic E-state index is 5.00. The van der Waals surface area contributed by atoms with Crippen LogP contribution in [0.25, 0.3) is 89.6 Å². The molecule has 0 aliphatic carbocycles. The zero-order valence-electron chi connectivity index (χ0n) is 28.0. The Labute approximate surface area is 301 Å². The third kappa shape index (κ3) is 6.10. The average molecular weight is 667 g/mol. The molecule has 244 valence electrons. The van der Waals surface area contributed by atoms with E-state index in [1.807, 2.05) is 85.2 Å². The smallest absolute Gasteiger partial charge is 0.0900 e. The highest BCUT2D eigenvalue weighted by Crippen LogP contribution is 2.40. The van der Waals surface area contributed by atoms with E-state index >= 15 is 0 Å². The van der Waals surface area contributed by atoms with Crippen molar-refractivity contribution in [3.63, 3.8) is 0 Å². The summed E-state index contributed by atoms with van der Waals surface area (Å²) in [6.07, 6.45) is 9.12. The lowest BCUT2D eigenvalue weighted by atomic mass is 9.89. The molecule has 0 saturated carbocycles. The lowest BCUT2D eigenvalue weighted by molar-refractivity contribution is 1.22. The van der Waals surface area contributed by atoms with E-state index in [9.17, 15) is 0 Å². The highest BCUT2D eigenvalue weighted by molar-refractivity contribution is 6.06. The van der Waals surface area contributed by atoms with Crippen LogP contribution in [-0.2, 0) is 0 Å². The molecule has 6 heteroatoms. The highest BCUT2D eigenvalue weighted by atomic mass is 14.8. The third-order valence-electron chi connectivity index (χ3n) is 9.14. The second-order valence-corrected chi connectivity index (χ2v) is 12.4. The molecule has 6 nitrogen and oxygen atoms in total. The topological polar surface area (TPSA) is 77.3 Å². The molecule has 0 aliphatic rings. The molecule has 0 bridgehead atoms. The van der Waals surface area contributed by atoms with Gasteiger partial charge in [0, 0.05) is 47.7 Å². The molecule has 0 fully saturated rings. The average Bonchev–Trinajstić information content (AvgIpc) is 3.24. The number of rotatable bonds is 7. The fourth-order valence-corrected chi connectivity index (χ4v) is 6.64. The van der Waals surface area contributed by atoms with E-state index in [1.54, 1.807) is 18.6 Å². The first-order chi connectivity index (χ1) is 25.8. The third-order valence-corrected chi connectivity index (χ3v) is 9.14. The molecule has 9 aromatic rings. The van der Waals surface area contributed by atoms with Crippen molar-refractivity contribution in [2.75, 3.05) is 0 Å². The summed E-state index contributed by atoms with van der Waals surface area (Å²) in [5.74, 6) is 0. The quantitative estimate of drug-likeness (QED) is 0.168. The number of hydrogen-bond donors (Lipinski definition) is 0. The standard InChI is InChI=1S/C46H30N6/c1-2-12-39-37(33-28-45(43-15-5-9-23-49-43)52-46(29-33)44-16-6-10-24-50-44)19-18-36(38(39)11-1)32-25-34(41-14-4-8-22-48-41)27-35(26-32)42-20-17-31(30-51-42)40-13-3-7-21-47-40/h1-30H. The van der Waals surface area contributed by atoms with Gasteiger partial charge in [-0.1, -0.05) is 60.7 Å². The monoisotopic (exact) mass is 666 g/mol. The van der Waals surface area contributed by atoms with Crippen molar-refractivity contribution in [3.05, 3.63) is 183 Å². The number of hydrogen-bond acceptors (Lipinski definition) is 6. The first kappa shape index (κ1) is 30.8. The Bertz CT molecular complexity index is 2590. The van der Waals surface area contributed by atoms with Crippen molar-refractivity contribution >= 4 is 10.8 Å². The summed E-state index contributed by atoms with van der Waals surface area (Å²) in [5, 5.41) is 2.27. The van der Waals surface area contributed by atoms with Crippen LogP contribution < -0.4 is 0 Å². The van der Waals surface area contributed by atoms with Gasteiger partial charge in [0.05, 0.1) is 39.9 Å². The Morgan fingerprint density at radius 3 is 1.15 bits per heavy atom. The number of pyridine rings is 6. The fourth-order valence-electron chi connectivity index (χ4n) is 6.64. The van der Waals surface area contributed by atoms with Crippen molar-refractivity contribution < 1.29 is 0 Å². The molecular weight excluding hydrogens is 637 g/mol. The van der Waals surface area contributed by atoms with E-state index in [0.717, 1.165) is 89.6 Å². The van der Waals surface area contributed by atoms with Gasteiger partial charge in [-0.3, -0.25) is 24.9 Å². The Hall–Kier alpha value is -7.18. The van der Waals surface area contributed by atoms with Crippen LogP contribution in [0, 0.1) is 0 Å². The molecule has 52 heavy (non-hydrogen) atoms. The largest absolute Gasteiger partial charge is 0.256 e. The summed E-state index contributed by atoms with van der Waals surface area (Å²) in [4.78, 5) is 28.4. The first-order valence-corrected chi connectivity index (χ1v) is 17.1. The molecule has 6 heterocycles. The lowest BCUT2D eigenvalue weighted by Gasteiger charge is -2.16. The predicted molar refractivity (Wildman–Crippen MR) is 209 cm³/mol. The number of benzene rings is 3. The minimum absolute atomic E-state index is 0.793. The van der Waals surface area contributed by atoms with Gasteiger partial charge in [-0.05, 0) is 124 Å². The van der Waals surface area contributed by atoms with Crippen LogP contribution in [0.15, 0.2) is 183 Å². The Morgan fingerprint density at radius 2 is 0.692 bits per heavy atom. The number of fused-ring (bicyclic) bond motifs is 1.